The zero-order valence-electron chi connectivity index (χ0n) is 29.5. The van der Waals surface area contributed by atoms with Crippen molar-refractivity contribution in [3.8, 4) is 0 Å². The van der Waals surface area contributed by atoms with Gasteiger partial charge in [-0.3, -0.25) is 4.79 Å². The predicted molar refractivity (Wildman–Crippen MR) is 185 cm³/mol. The van der Waals surface area contributed by atoms with Gasteiger partial charge in [-0.05, 0) is 88.4 Å². The van der Waals surface area contributed by atoms with Gasteiger partial charge in [0.25, 0.3) is 0 Å². The van der Waals surface area contributed by atoms with E-state index in [-0.39, 0.29) is 25.4 Å². The summed E-state index contributed by atoms with van der Waals surface area (Å²) in [6.45, 7) is 16.6. The summed E-state index contributed by atoms with van der Waals surface area (Å²) in [7, 11) is -1.48. The number of ether oxygens (including phenoxy) is 3. The van der Waals surface area contributed by atoms with Crippen molar-refractivity contribution in [2.45, 2.75) is 97.4 Å². The molecule has 11 nitrogen and oxygen atoms in total. The lowest BCUT2D eigenvalue weighted by Crippen LogP contribution is -2.48. The largest absolute Gasteiger partial charge is 0.450 e. The average Bonchev–Trinajstić information content (AvgIpc) is 2.95. The number of alkyl carbamates (subject to hydrolysis) is 1. The van der Waals surface area contributed by atoms with Crippen molar-refractivity contribution in [1.29, 1.82) is 0 Å². The van der Waals surface area contributed by atoms with Gasteiger partial charge in [-0.15, -0.1) is 0 Å². The Bertz CT molecular complexity index is 1660. The Balaban J connectivity index is 1.84. The number of nitrogens with zero attached hydrogens (tertiary/aromatic N) is 2. The van der Waals surface area contributed by atoms with Crippen LogP contribution in [-0.4, -0.2) is 61.1 Å². The van der Waals surface area contributed by atoms with Gasteiger partial charge in [0.15, 0.2) is 17.5 Å². The average molecular weight is 701 g/mol. The number of benzene rings is 2. The van der Waals surface area contributed by atoms with Crippen LogP contribution < -0.4 is 15.5 Å². The lowest BCUT2D eigenvalue weighted by molar-refractivity contribution is -0.123. The van der Waals surface area contributed by atoms with E-state index >= 15 is 0 Å². The summed E-state index contributed by atoms with van der Waals surface area (Å²) in [5, 5.41) is 6.36. The summed E-state index contributed by atoms with van der Waals surface area (Å²) in [6, 6.07) is 9.58. The van der Waals surface area contributed by atoms with Crippen LogP contribution in [0.4, 0.5) is 29.0 Å². The molecule has 0 aliphatic carbocycles. The van der Waals surface area contributed by atoms with E-state index in [1.807, 2.05) is 0 Å². The maximum absolute atomic E-state index is 13.9. The monoisotopic (exact) mass is 700 g/mol. The molecule has 0 saturated carbocycles. The third kappa shape index (κ3) is 12.4. The molecule has 0 fully saturated rings. The zero-order chi connectivity index (χ0) is 36.7. The van der Waals surface area contributed by atoms with Gasteiger partial charge in [-0.25, -0.2) is 28.1 Å². The summed E-state index contributed by atoms with van der Waals surface area (Å²) in [5.41, 5.74) is -0.874. The zero-order valence-corrected chi connectivity index (χ0v) is 30.5. The molecule has 0 aliphatic rings. The summed E-state index contributed by atoms with van der Waals surface area (Å²) >= 11 is 0. The number of hydrogen-bond acceptors (Lipinski definition) is 8. The number of hydrogen-bond donors (Lipinski definition) is 2. The highest BCUT2D eigenvalue weighted by Gasteiger charge is 2.34. The number of aromatic nitrogens is 1. The summed E-state index contributed by atoms with van der Waals surface area (Å²) in [6.07, 6.45) is -1.42. The molecule has 1 aromatic heterocycles. The number of nitrogens with one attached hydrogen (secondary N) is 2. The number of imide groups is 1. The first kappa shape index (κ1) is 38.9. The highest BCUT2D eigenvalue weighted by Crippen LogP contribution is 2.28. The van der Waals surface area contributed by atoms with Crippen LogP contribution in [0.1, 0.15) is 52.7 Å². The summed E-state index contributed by atoms with van der Waals surface area (Å²) < 4.78 is 43.8. The topological polar surface area (TPSA) is 136 Å². The Hall–Kier alpha value is -4.59. The number of rotatable bonds is 10. The number of carbonyl (C=O) groups excluding carboxylic acids is 4. The van der Waals surface area contributed by atoms with Gasteiger partial charge in [-0.2, -0.15) is 4.90 Å². The fourth-order valence-electron chi connectivity index (χ4n) is 4.42. The first-order chi connectivity index (χ1) is 22.6. The SMILES string of the molecule is CC(C)(C)OC(=O)N(C(=O)OC(C)(C)C)c1nccc2cc(CNC(=O)[C@H](Cc3ccc(F)c(F)c3)NC(=O)OCC[Si](C)(C)C)ccc12. The van der Waals surface area contributed by atoms with Crippen LogP contribution in [0.2, 0.25) is 25.7 Å². The van der Waals surface area contributed by atoms with E-state index < -0.39 is 61.1 Å². The van der Waals surface area contributed by atoms with E-state index in [1.165, 1.54) is 12.3 Å². The van der Waals surface area contributed by atoms with E-state index in [2.05, 4.69) is 35.3 Å². The van der Waals surface area contributed by atoms with E-state index in [0.717, 1.165) is 23.1 Å². The molecule has 0 spiro atoms. The predicted octanol–water partition coefficient (Wildman–Crippen LogP) is 7.48. The van der Waals surface area contributed by atoms with E-state index in [4.69, 9.17) is 14.2 Å². The second-order valence-electron chi connectivity index (χ2n) is 14.8. The van der Waals surface area contributed by atoms with Crippen LogP contribution in [-0.2, 0) is 32.0 Å². The van der Waals surface area contributed by atoms with Gasteiger partial charge in [0.1, 0.15) is 17.2 Å². The molecule has 0 unspecified atom stereocenters. The number of anilines is 1. The minimum Gasteiger partial charge on any atom is -0.450 e. The van der Waals surface area contributed by atoms with Crippen molar-refractivity contribution in [3.05, 3.63) is 71.4 Å². The molecule has 3 aromatic rings. The van der Waals surface area contributed by atoms with Crippen molar-refractivity contribution in [2.24, 2.45) is 0 Å². The van der Waals surface area contributed by atoms with Crippen LogP contribution in [0, 0.1) is 11.6 Å². The third-order valence-electron chi connectivity index (χ3n) is 6.76. The lowest BCUT2D eigenvalue weighted by Gasteiger charge is -2.28. The Kier molecular flexibility index (Phi) is 12.5. The molecule has 49 heavy (non-hydrogen) atoms. The number of carbonyl (C=O) groups is 4. The standard InChI is InChI=1S/C35H46F2N4O7Si/c1-34(2,3)47-32(44)41(33(45)48-35(4,5)6)29-25-12-10-23(18-24(25)14-15-38-29)21-39-30(42)28(20-22-11-13-26(36)27(37)19-22)40-31(43)46-16-17-49(7,8)9/h10-15,18-19,28H,16-17,20-21H2,1-9H3,(H,39,42)(H,40,43)/t28-/m0/s1. The minimum atomic E-state index is -1.48. The van der Waals surface area contributed by atoms with E-state index in [0.29, 0.717) is 21.9 Å². The maximum Gasteiger partial charge on any atom is 0.425 e. The summed E-state index contributed by atoms with van der Waals surface area (Å²) in [4.78, 5) is 57.5. The maximum atomic E-state index is 13.9. The number of pyridine rings is 1. The van der Waals surface area contributed by atoms with Crippen molar-refractivity contribution in [3.63, 3.8) is 0 Å². The van der Waals surface area contributed by atoms with Crippen molar-refractivity contribution >= 4 is 48.9 Å². The van der Waals surface area contributed by atoms with Gasteiger partial charge >= 0.3 is 18.3 Å². The van der Waals surface area contributed by atoms with E-state index in [9.17, 15) is 28.0 Å². The first-order valence-corrected chi connectivity index (χ1v) is 19.6. The molecule has 4 amide bonds. The fourth-order valence-corrected chi connectivity index (χ4v) is 5.13. The smallest absolute Gasteiger partial charge is 0.425 e. The molecule has 0 aliphatic heterocycles. The highest BCUT2D eigenvalue weighted by molar-refractivity contribution is 6.76. The molecule has 1 heterocycles. The van der Waals surface area contributed by atoms with Gasteiger partial charge in [0, 0.05) is 32.6 Å². The van der Waals surface area contributed by atoms with Crippen LogP contribution >= 0.6 is 0 Å². The number of halogens is 2. The Morgan fingerprint density at radius 1 is 0.857 bits per heavy atom. The van der Waals surface area contributed by atoms with Gasteiger partial charge in [-0.1, -0.05) is 37.8 Å². The van der Waals surface area contributed by atoms with Crippen molar-refractivity contribution in [1.82, 2.24) is 15.6 Å². The fraction of sp³-hybridized carbons (Fsp3) is 0.457. The molecule has 0 radical (unpaired) electrons. The molecule has 1 atom stereocenters. The first-order valence-electron chi connectivity index (χ1n) is 15.9. The molecule has 0 saturated heterocycles. The molecule has 3 rings (SSSR count). The number of amides is 4. The van der Waals surface area contributed by atoms with Crippen molar-refractivity contribution in [2.75, 3.05) is 11.5 Å². The normalized spacial score (nSPS) is 12.6. The molecule has 2 N–H and O–H groups in total. The van der Waals surface area contributed by atoms with E-state index in [1.54, 1.807) is 65.8 Å². The van der Waals surface area contributed by atoms with Gasteiger partial charge in [0.2, 0.25) is 5.91 Å². The lowest BCUT2D eigenvalue weighted by atomic mass is 10.0. The van der Waals surface area contributed by atoms with Crippen molar-refractivity contribution < 1.29 is 42.2 Å². The van der Waals surface area contributed by atoms with Crippen LogP contribution in [0.15, 0.2) is 48.7 Å². The second kappa shape index (κ2) is 15.7. The van der Waals surface area contributed by atoms with Crippen LogP contribution in [0.5, 0.6) is 0 Å². The molecular formula is C35H46F2N4O7Si. The Morgan fingerprint density at radius 3 is 2.04 bits per heavy atom. The third-order valence-corrected chi connectivity index (χ3v) is 8.46. The van der Waals surface area contributed by atoms with Gasteiger partial charge < -0.3 is 24.8 Å². The van der Waals surface area contributed by atoms with Crippen LogP contribution in [0.25, 0.3) is 10.8 Å². The molecule has 266 valence electrons. The molecule has 2 aromatic carbocycles. The summed E-state index contributed by atoms with van der Waals surface area (Å²) in [5.74, 6) is -2.68. The highest BCUT2D eigenvalue weighted by atomic mass is 28.3. The Morgan fingerprint density at radius 2 is 1.47 bits per heavy atom. The van der Waals surface area contributed by atoms with Gasteiger partial charge in [0.05, 0.1) is 6.61 Å². The minimum absolute atomic E-state index is 0.0000178. The second-order valence-corrected chi connectivity index (χ2v) is 20.4. The Labute approximate surface area is 286 Å². The molecule has 14 heteroatoms. The van der Waals surface area contributed by atoms with Crippen LogP contribution in [0.3, 0.4) is 0 Å². The number of fused-ring (bicyclic) bond motifs is 1. The molecule has 0 bridgehead atoms. The molecular weight excluding hydrogens is 654 g/mol. The quantitative estimate of drug-likeness (QED) is 0.164.